The van der Waals surface area contributed by atoms with Crippen LogP contribution in [-0.2, 0) is 6.18 Å². The van der Waals surface area contributed by atoms with Crippen LogP contribution >= 0.6 is 0 Å². The Morgan fingerprint density at radius 3 is 2.32 bits per heavy atom. The molecule has 0 spiro atoms. The SMILES string of the molecule is O=[N+]([O-])c1ccc(-c2ccccc2C(F)(F)F)nc1. The molecule has 0 saturated carbocycles. The Hall–Kier alpha value is -2.44. The zero-order valence-corrected chi connectivity index (χ0v) is 9.39. The largest absolute Gasteiger partial charge is 0.417 e. The second kappa shape index (κ2) is 4.68. The quantitative estimate of drug-likeness (QED) is 0.616. The summed E-state index contributed by atoms with van der Waals surface area (Å²) in [6.07, 6.45) is -3.57. The van der Waals surface area contributed by atoms with Crippen LogP contribution in [0.5, 0.6) is 0 Å². The van der Waals surface area contributed by atoms with Gasteiger partial charge in [-0.1, -0.05) is 18.2 Å². The second-order valence-corrected chi connectivity index (χ2v) is 3.70. The molecule has 0 aliphatic rings. The van der Waals surface area contributed by atoms with Gasteiger partial charge >= 0.3 is 6.18 Å². The molecule has 0 radical (unpaired) electrons. The first-order chi connectivity index (χ1) is 8.89. The number of halogens is 3. The molecule has 0 atom stereocenters. The van der Waals surface area contributed by atoms with Crippen LogP contribution in [-0.4, -0.2) is 9.91 Å². The summed E-state index contributed by atoms with van der Waals surface area (Å²) in [6.45, 7) is 0. The number of hydrogen-bond donors (Lipinski definition) is 0. The average molecular weight is 268 g/mol. The van der Waals surface area contributed by atoms with Gasteiger partial charge in [-0.3, -0.25) is 10.1 Å². The number of nitrogens with zero attached hydrogens (tertiary/aromatic N) is 2. The molecule has 19 heavy (non-hydrogen) atoms. The predicted octanol–water partition coefficient (Wildman–Crippen LogP) is 3.68. The summed E-state index contributed by atoms with van der Waals surface area (Å²) in [6, 6.07) is 7.26. The molecule has 0 aliphatic heterocycles. The average Bonchev–Trinajstić information content (AvgIpc) is 2.38. The number of benzene rings is 1. The Morgan fingerprint density at radius 1 is 1.11 bits per heavy atom. The molecule has 0 fully saturated rings. The molecule has 2 rings (SSSR count). The van der Waals surface area contributed by atoms with Crippen LogP contribution in [0, 0.1) is 10.1 Å². The number of hydrogen-bond acceptors (Lipinski definition) is 3. The van der Waals surface area contributed by atoms with E-state index < -0.39 is 16.7 Å². The maximum absolute atomic E-state index is 12.8. The van der Waals surface area contributed by atoms with Gasteiger partial charge in [0, 0.05) is 11.6 Å². The first kappa shape index (κ1) is 13.0. The highest BCUT2D eigenvalue weighted by Gasteiger charge is 2.33. The van der Waals surface area contributed by atoms with E-state index in [2.05, 4.69) is 4.98 Å². The third kappa shape index (κ3) is 2.70. The highest BCUT2D eigenvalue weighted by Crippen LogP contribution is 2.36. The molecule has 0 N–H and O–H groups in total. The van der Waals surface area contributed by atoms with Crippen molar-refractivity contribution >= 4 is 5.69 Å². The van der Waals surface area contributed by atoms with Crippen molar-refractivity contribution in [3.05, 3.63) is 58.3 Å². The molecule has 0 unspecified atom stereocenters. The molecule has 1 heterocycles. The van der Waals surface area contributed by atoms with Crippen LogP contribution in [0.25, 0.3) is 11.3 Å². The zero-order valence-electron chi connectivity index (χ0n) is 9.39. The van der Waals surface area contributed by atoms with Gasteiger partial charge in [0.15, 0.2) is 0 Å². The second-order valence-electron chi connectivity index (χ2n) is 3.70. The van der Waals surface area contributed by atoms with E-state index in [-0.39, 0.29) is 16.9 Å². The summed E-state index contributed by atoms with van der Waals surface area (Å²) < 4.78 is 38.4. The molecule has 2 aromatic rings. The molecule has 0 bridgehead atoms. The molecule has 4 nitrogen and oxygen atoms in total. The zero-order chi connectivity index (χ0) is 14.0. The van der Waals surface area contributed by atoms with Gasteiger partial charge in [0.25, 0.3) is 5.69 Å². The minimum Gasteiger partial charge on any atom is -0.258 e. The van der Waals surface area contributed by atoms with E-state index in [4.69, 9.17) is 0 Å². The summed E-state index contributed by atoms with van der Waals surface area (Å²) in [5.41, 5.74) is -1.16. The van der Waals surface area contributed by atoms with Crippen molar-refractivity contribution in [2.24, 2.45) is 0 Å². The minimum absolute atomic E-state index is 0.0403. The van der Waals surface area contributed by atoms with Crippen molar-refractivity contribution in [2.75, 3.05) is 0 Å². The number of alkyl halides is 3. The van der Waals surface area contributed by atoms with Crippen LogP contribution in [0.3, 0.4) is 0 Å². The van der Waals surface area contributed by atoms with E-state index in [1.165, 1.54) is 24.3 Å². The summed E-state index contributed by atoms with van der Waals surface area (Å²) in [5, 5.41) is 10.5. The van der Waals surface area contributed by atoms with E-state index in [1.807, 2.05) is 0 Å². The van der Waals surface area contributed by atoms with E-state index in [0.29, 0.717) is 0 Å². The summed E-state index contributed by atoms with van der Waals surface area (Å²) in [4.78, 5) is 13.5. The lowest BCUT2D eigenvalue weighted by molar-refractivity contribution is -0.385. The number of rotatable bonds is 2. The van der Waals surface area contributed by atoms with Crippen molar-refractivity contribution in [2.45, 2.75) is 6.18 Å². The lowest BCUT2D eigenvalue weighted by Crippen LogP contribution is -2.07. The van der Waals surface area contributed by atoms with Crippen LogP contribution < -0.4 is 0 Å². The molecule has 98 valence electrons. The maximum Gasteiger partial charge on any atom is 0.417 e. The van der Waals surface area contributed by atoms with Crippen LogP contribution in [0.15, 0.2) is 42.6 Å². The normalized spacial score (nSPS) is 11.3. The van der Waals surface area contributed by atoms with Gasteiger partial charge in [-0.2, -0.15) is 13.2 Å². The van der Waals surface area contributed by atoms with Crippen LogP contribution in [0.1, 0.15) is 5.56 Å². The Bertz CT molecular complexity index is 609. The number of pyridine rings is 1. The smallest absolute Gasteiger partial charge is 0.258 e. The van der Waals surface area contributed by atoms with Gasteiger partial charge in [-0.05, 0) is 12.1 Å². The molecular weight excluding hydrogens is 261 g/mol. The number of aromatic nitrogens is 1. The Labute approximate surface area is 105 Å². The van der Waals surface area contributed by atoms with Gasteiger partial charge in [-0.15, -0.1) is 0 Å². The Kier molecular flexibility index (Phi) is 3.20. The van der Waals surface area contributed by atoms with Crippen LogP contribution in [0.2, 0.25) is 0 Å². The molecule has 1 aromatic carbocycles. The van der Waals surface area contributed by atoms with E-state index in [9.17, 15) is 23.3 Å². The van der Waals surface area contributed by atoms with Gasteiger partial charge < -0.3 is 0 Å². The van der Waals surface area contributed by atoms with Crippen molar-refractivity contribution < 1.29 is 18.1 Å². The lowest BCUT2D eigenvalue weighted by Gasteiger charge is -2.11. The van der Waals surface area contributed by atoms with E-state index in [0.717, 1.165) is 18.3 Å². The van der Waals surface area contributed by atoms with E-state index in [1.54, 1.807) is 0 Å². The summed E-state index contributed by atoms with van der Waals surface area (Å²) in [7, 11) is 0. The topological polar surface area (TPSA) is 56.0 Å². The third-order valence-corrected chi connectivity index (χ3v) is 2.47. The molecule has 1 aromatic heterocycles. The lowest BCUT2D eigenvalue weighted by atomic mass is 10.0. The fourth-order valence-corrected chi connectivity index (χ4v) is 1.61. The maximum atomic E-state index is 12.8. The Balaban J connectivity index is 2.50. The first-order valence-electron chi connectivity index (χ1n) is 5.16. The predicted molar refractivity (Wildman–Crippen MR) is 61.3 cm³/mol. The third-order valence-electron chi connectivity index (χ3n) is 2.47. The van der Waals surface area contributed by atoms with Gasteiger partial charge in [0.05, 0.1) is 16.2 Å². The molecule has 0 saturated heterocycles. The molecule has 0 aliphatic carbocycles. The highest BCUT2D eigenvalue weighted by molar-refractivity contribution is 5.65. The van der Waals surface area contributed by atoms with Crippen molar-refractivity contribution in [1.29, 1.82) is 0 Å². The van der Waals surface area contributed by atoms with Crippen molar-refractivity contribution in [3.8, 4) is 11.3 Å². The van der Waals surface area contributed by atoms with E-state index >= 15 is 0 Å². The standard InChI is InChI=1S/C12H7F3N2O2/c13-12(14,15)10-4-2-1-3-9(10)11-6-5-8(7-16-11)17(18)19/h1-7H. The minimum atomic E-state index is -4.50. The van der Waals surface area contributed by atoms with Crippen molar-refractivity contribution in [3.63, 3.8) is 0 Å². The first-order valence-corrected chi connectivity index (χ1v) is 5.16. The molecule has 0 amide bonds. The van der Waals surface area contributed by atoms with Crippen LogP contribution in [0.4, 0.5) is 18.9 Å². The monoisotopic (exact) mass is 268 g/mol. The fraction of sp³-hybridized carbons (Fsp3) is 0.0833. The highest BCUT2D eigenvalue weighted by atomic mass is 19.4. The molecule has 7 heteroatoms. The van der Waals surface area contributed by atoms with Gasteiger partial charge in [0.1, 0.15) is 6.20 Å². The Morgan fingerprint density at radius 2 is 1.79 bits per heavy atom. The summed E-state index contributed by atoms with van der Waals surface area (Å²) >= 11 is 0. The van der Waals surface area contributed by atoms with Gasteiger partial charge in [-0.25, -0.2) is 4.98 Å². The number of nitro groups is 1. The van der Waals surface area contributed by atoms with Gasteiger partial charge in [0.2, 0.25) is 0 Å². The molecular formula is C12H7F3N2O2. The summed E-state index contributed by atoms with van der Waals surface area (Å²) in [5.74, 6) is 0. The van der Waals surface area contributed by atoms with Crippen molar-refractivity contribution in [1.82, 2.24) is 4.98 Å². The fourth-order valence-electron chi connectivity index (χ4n) is 1.61.